The van der Waals surface area contributed by atoms with E-state index in [-0.39, 0.29) is 30.7 Å². The van der Waals surface area contributed by atoms with Crippen LogP contribution in [0.1, 0.15) is 19.3 Å². The fraction of sp³-hybridized carbons (Fsp3) is 0.700. The van der Waals surface area contributed by atoms with E-state index < -0.39 is 12.1 Å². The largest absolute Gasteiger partial charge is 0.479 e. The number of hydrogen-bond acceptors (Lipinski definition) is 4. The highest BCUT2D eigenvalue weighted by atomic mass is 16.4. The minimum atomic E-state index is -1.46. The van der Waals surface area contributed by atoms with Crippen molar-refractivity contribution in [2.24, 2.45) is 5.92 Å². The van der Waals surface area contributed by atoms with E-state index >= 15 is 0 Å². The second kappa shape index (κ2) is 6.19. The first kappa shape index (κ1) is 13.4. The molecule has 7 nitrogen and oxygen atoms in total. The molecule has 1 rings (SSSR count). The first-order valence-electron chi connectivity index (χ1n) is 5.46. The Morgan fingerprint density at radius 2 is 2.24 bits per heavy atom. The highest BCUT2D eigenvalue weighted by Crippen LogP contribution is 2.10. The molecule has 0 aromatic carbocycles. The third-order valence-electron chi connectivity index (χ3n) is 2.64. The molecule has 0 aromatic rings. The quantitative estimate of drug-likeness (QED) is 0.468. The summed E-state index contributed by atoms with van der Waals surface area (Å²) in [5.41, 5.74) is 0. The van der Waals surface area contributed by atoms with Crippen LogP contribution >= 0.6 is 0 Å². The number of aliphatic hydroxyl groups excluding tert-OH is 1. The Morgan fingerprint density at radius 1 is 1.53 bits per heavy atom. The second-order valence-corrected chi connectivity index (χ2v) is 3.97. The number of rotatable bonds is 5. The third-order valence-corrected chi connectivity index (χ3v) is 2.64. The van der Waals surface area contributed by atoms with Gasteiger partial charge in [0.05, 0.1) is 5.92 Å². The molecule has 2 atom stereocenters. The highest BCUT2D eigenvalue weighted by Gasteiger charge is 2.24. The number of carbonyl (C=O) groups is 3. The van der Waals surface area contributed by atoms with Crippen molar-refractivity contribution in [3.63, 3.8) is 0 Å². The molecular weight excluding hydrogens is 228 g/mol. The molecule has 1 fully saturated rings. The number of carboxylic acid groups (broad SMARTS) is 1. The number of amides is 2. The smallest absolute Gasteiger partial charge is 0.332 e. The van der Waals surface area contributed by atoms with E-state index in [1.165, 1.54) is 0 Å². The molecule has 2 amide bonds. The summed E-state index contributed by atoms with van der Waals surface area (Å²) in [5, 5.41) is 22.5. The maximum Gasteiger partial charge on any atom is 0.332 e. The van der Waals surface area contributed by atoms with E-state index in [0.29, 0.717) is 19.4 Å². The molecule has 96 valence electrons. The Labute approximate surface area is 98.2 Å². The van der Waals surface area contributed by atoms with Gasteiger partial charge in [-0.3, -0.25) is 9.59 Å². The molecule has 0 aliphatic carbocycles. The first-order chi connectivity index (χ1) is 8.00. The van der Waals surface area contributed by atoms with Gasteiger partial charge in [0.15, 0.2) is 6.10 Å². The zero-order valence-electron chi connectivity index (χ0n) is 9.31. The van der Waals surface area contributed by atoms with Gasteiger partial charge in [0.25, 0.3) is 0 Å². The van der Waals surface area contributed by atoms with Gasteiger partial charge < -0.3 is 20.8 Å². The molecule has 0 aromatic heterocycles. The Balaban J connectivity index is 2.21. The minimum Gasteiger partial charge on any atom is -0.479 e. The first-order valence-corrected chi connectivity index (χ1v) is 5.46. The van der Waals surface area contributed by atoms with Crippen LogP contribution in [0.25, 0.3) is 0 Å². The zero-order chi connectivity index (χ0) is 12.8. The van der Waals surface area contributed by atoms with Crippen LogP contribution in [0.3, 0.4) is 0 Å². The van der Waals surface area contributed by atoms with Crippen LogP contribution in [0, 0.1) is 5.92 Å². The van der Waals surface area contributed by atoms with Gasteiger partial charge in [-0.05, 0) is 6.42 Å². The predicted octanol–water partition coefficient (Wildman–Crippen LogP) is -1.54. The SMILES string of the molecule is O=C1CCC(C(=O)NCC[C@H](O)C(=O)O)CN1. The summed E-state index contributed by atoms with van der Waals surface area (Å²) in [6.07, 6.45) is -0.656. The number of aliphatic carboxylic acids is 1. The number of carbonyl (C=O) groups excluding carboxylic acids is 2. The van der Waals surface area contributed by atoms with E-state index in [0.717, 1.165) is 0 Å². The Hall–Kier alpha value is -1.63. The monoisotopic (exact) mass is 244 g/mol. The van der Waals surface area contributed by atoms with E-state index in [1.807, 2.05) is 0 Å². The average molecular weight is 244 g/mol. The van der Waals surface area contributed by atoms with Crippen LogP contribution in [0.2, 0.25) is 0 Å². The fourth-order valence-electron chi connectivity index (χ4n) is 1.56. The Kier molecular flexibility index (Phi) is 4.89. The summed E-state index contributed by atoms with van der Waals surface area (Å²) in [5.74, 6) is -1.85. The van der Waals surface area contributed by atoms with Crippen molar-refractivity contribution in [1.82, 2.24) is 10.6 Å². The van der Waals surface area contributed by atoms with Crippen molar-refractivity contribution in [3.8, 4) is 0 Å². The van der Waals surface area contributed by atoms with Gasteiger partial charge in [0.1, 0.15) is 0 Å². The van der Waals surface area contributed by atoms with Gasteiger partial charge >= 0.3 is 5.97 Å². The molecule has 4 N–H and O–H groups in total. The van der Waals surface area contributed by atoms with Crippen LogP contribution in [0.15, 0.2) is 0 Å². The molecule has 0 bridgehead atoms. The number of aliphatic hydroxyl groups is 1. The van der Waals surface area contributed by atoms with Crippen LogP contribution in [-0.2, 0) is 14.4 Å². The number of piperidine rings is 1. The molecule has 1 saturated heterocycles. The molecule has 0 radical (unpaired) electrons. The standard InChI is InChI=1S/C10H16N2O5/c13-7(10(16)17)3-4-11-9(15)6-1-2-8(14)12-5-6/h6-7,13H,1-5H2,(H,11,15)(H,12,14)(H,16,17)/t6?,7-/m0/s1. The van der Waals surface area contributed by atoms with Crippen LogP contribution in [0.4, 0.5) is 0 Å². The lowest BCUT2D eigenvalue weighted by Gasteiger charge is -2.21. The number of nitrogens with one attached hydrogen (secondary N) is 2. The van der Waals surface area contributed by atoms with Crippen molar-refractivity contribution in [1.29, 1.82) is 0 Å². The van der Waals surface area contributed by atoms with Crippen LogP contribution in [0.5, 0.6) is 0 Å². The van der Waals surface area contributed by atoms with Gasteiger partial charge in [-0.15, -0.1) is 0 Å². The van der Waals surface area contributed by atoms with E-state index in [1.54, 1.807) is 0 Å². The third kappa shape index (κ3) is 4.39. The molecule has 1 heterocycles. The summed E-state index contributed by atoms with van der Waals surface area (Å²) in [7, 11) is 0. The van der Waals surface area contributed by atoms with Crippen LogP contribution in [-0.4, -0.2) is 47.2 Å². The number of hydrogen-bond donors (Lipinski definition) is 4. The maximum absolute atomic E-state index is 11.6. The maximum atomic E-state index is 11.6. The average Bonchev–Trinajstić information content (AvgIpc) is 2.29. The molecule has 7 heteroatoms. The summed E-state index contributed by atoms with van der Waals surface area (Å²) in [6, 6.07) is 0. The van der Waals surface area contributed by atoms with Gasteiger partial charge in [-0.25, -0.2) is 4.79 Å². The van der Waals surface area contributed by atoms with Gasteiger partial charge in [-0.2, -0.15) is 0 Å². The minimum absolute atomic E-state index is 0.0276. The Morgan fingerprint density at radius 3 is 2.76 bits per heavy atom. The van der Waals surface area contributed by atoms with Crippen molar-refractivity contribution >= 4 is 17.8 Å². The lowest BCUT2D eigenvalue weighted by Crippen LogP contribution is -2.43. The van der Waals surface area contributed by atoms with E-state index in [2.05, 4.69) is 10.6 Å². The fourth-order valence-corrected chi connectivity index (χ4v) is 1.56. The normalized spacial score (nSPS) is 21.5. The van der Waals surface area contributed by atoms with Crippen molar-refractivity contribution < 1.29 is 24.6 Å². The zero-order valence-corrected chi connectivity index (χ0v) is 9.31. The molecular formula is C10H16N2O5. The molecule has 1 unspecified atom stereocenters. The van der Waals surface area contributed by atoms with Crippen LogP contribution < -0.4 is 10.6 Å². The van der Waals surface area contributed by atoms with Crippen molar-refractivity contribution in [3.05, 3.63) is 0 Å². The van der Waals surface area contributed by atoms with E-state index in [4.69, 9.17) is 10.2 Å². The van der Waals surface area contributed by atoms with Crippen molar-refractivity contribution in [2.45, 2.75) is 25.4 Å². The topological polar surface area (TPSA) is 116 Å². The molecule has 1 aliphatic heterocycles. The summed E-state index contributed by atoms with van der Waals surface area (Å²) < 4.78 is 0. The predicted molar refractivity (Wildman–Crippen MR) is 57.0 cm³/mol. The van der Waals surface area contributed by atoms with E-state index in [9.17, 15) is 14.4 Å². The van der Waals surface area contributed by atoms with Gasteiger partial charge in [-0.1, -0.05) is 0 Å². The molecule has 17 heavy (non-hydrogen) atoms. The summed E-state index contributed by atoms with van der Waals surface area (Å²) >= 11 is 0. The summed E-state index contributed by atoms with van der Waals surface area (Å²) in [6.45, 7) is 0.420. The molecule has 1 aliphatic rings. The van der Waals surface area contributed by atoms with Gasteiger partial charge in [0, 0.05) is 25.9 Å². The van der Waals surface area contributed by atoms with Gasteiger partial charge in [0.2, 0.25) is 11.8 Å². The molecule has 0 saturated carbocycles. The highest BCUT2D eigenvalue weighted by molar-refractivity contribution is 5.83. The van der Waals surface area contributed by atoms with Crippen molar-refractivity contribution in [2.75, 3.05) is 13.1 Å². The Bertz CT molecular complexity index is 308. The lowest BCUT2D eigenvalue weighted by molar-refractivity contribution is -0.147. The second-order valence-electron chi connectivity index (χ2n) is 3.97. The number of carboxylic acids is 1. The summed E-state index contributed by atoms with van der Waals surface area (Å²) in [4.78, 5) is 32.7. The lowest BCUT2D eigenvalue weighted by atomic mass is 9.98. The molecule has 0 spiro atoms.